The summed E-state index contributed by atoms with van der Waals surface area (Å²) in [6.07, 6.45) is 5.34. The van der Waals surface area contributed by atoms with Gasteiger partial charge < -0.3 is 4.90 Å². The second-order valence-electron chi connectivity index (χ2n) is 6.14. The molecule has 1 saturated heterocycles. The molecule has 1 atom stereocenters. The van der Waals surface area contributed by atoms with Crippen LogP contribution in [-0.4, -0.2) is 39.5 Å². The van der Waals surface area contributed by atoms with Crippen LogP contribution in [0, 0.1) is 10.1 Å². The van der Waals surface area contributed by atoms with Crippen LogP contribution in [0.1, 0.15) is 25.5 Å². The molecule has 0 aliphatic carbocycles. The lowest BCUT2D eigenvalue weighted by atomic mass is 10.2. The Morgan fingerprint density at radius 3 is 2.72 bits per heavy atom. The van der Waals surface area contributed by atoms with Crippen molar-refractivity contribution in [1.82, 2.24) is 9.97 Å². The van der Waals surface area contributed by atoms with Gasteiger partial charge in [0, 0.05) is 47.8 Å². The number of rotatable bonds is 6. The molecule has 0 N–H and O–H groups in total. The van der Waals surface area contributed by atoms with E-state index in [0.29, 0.717) is 11.9 Å². The maximum Gasteiger partial charge on any atom is 0.269 e. The molecule has 1 unspecified atom stereocenters. The molecule has 132 valence electrons. The molecular formula is C18H22N4O2S. The lowest BCUT2D eigenvalue weighted by Crippen LogP contribution is -2.32. The van der Waals surface area contributed by atoms with Gasteiger partial charge in [-0.05, 0) is 37.7 Å². The van der Waals surface area contributed by atoms with Gasteiger partial charge in [0.05, 0.1) is 4.92 Å². The van der Waals surface area contributed by atoms with Crippen molar-refractivity contribution in [3.63, 3.8) is 0 Å². The lowest BCUT2D eigenvalue weighted by molar-refractivity contribution is -0.384. The standard InChI is InChI=1S/C18H22N4O2S/c1-3-14-11-17(21-10-4-5-16(21)12-25-2)20-18(19-14)13-6-8-15(9-7-13)22(23)24/h6-9,11,16H,3-5,10,12H2,1-2H3. The summed E-state index contributed by atoms with van der Waals surface area (Å²) in [7, 11) is 0. The van der Waals surface area contributed by atoms with Crippen LogP contribution in [0.4, 0.5) is 11.5 Å². The molecule has 1 fully saturated rings. The molecule has 0 bridgehead atoms. The largest absolute Gasteiger partial charge is 0.353 e. The maximum absolute atomic E-state index is 10.8. The first-order valence-electron chi connectivity index (χ1n) is 8.50. The van der Waals surface area contributed by atoms with E-state index < -0.39 is 4.92 Å². The molecule has 0 amide bonds. The van der Waals surface area contributed by atoms with Crippen molar-refractivity contribution >= 4 is 23.3 Å². The number of anilines is 1. The monoisotopic (exact) mass is 358 g/mol. The first-order chi connectivity index (χ1) is 12.1. The molecule has 6 nitrogen and oxygen atoms in total. The summed E-state index contributed by atoms with van der Waals surface area (Å²) < 4.78 is 0. The molecule has 1 aliphatic rings. The van der Waals surface area contributed by atoms with E-state index in [9.17, 15) is 10.1 Å². The van der Waals surface area contributed by atoms with E-state index in [4.69, 9.17) is 4.98 Å². The van der Waals surface area contributed by atoms with Crippen LogP contribution >= 0.6 is 11.8 Å². The number of non-ortho nitro benzene ring substituents is 1. The van der Waals surface area contributed by atoms with Gasteiger partial charge in [0.15, 0.2) is 5.82 Å². The van der Waals surface area contributed by atoms with Crippen molar-refractivity contribution in [3.05, 3.63) is 46.1 Å². The zero-order valence-corrected chi connectivity index (χ0v) is 15.3. The summed E-state index contributed by atoms with van der Waals surface area (Å²) >= 11 is 1.86. The number of hydrogen-bond donors (Lipinski definition) is 0. The van der Waals surface area contributed by atoms with E-state index in [2.05, 4.69) is 29.1 Å². The van der Waals surface area contributed by atoms with Crippen LogP contribution in [0.15, 0.2) is 30.3 Å². The maximum atomic E-state index is 10.8. The average Bonchev–Trinajstić information content (AvgIpc) is 3.10. The molecule has 25 heavy (non-hydrogen) atoms. The molecular weight excluding hydrogens is 336 g/mol. The third-order valence-electron chi connectivity index (χ3n) is 4.49. The van der Waals surface area contributed by atoms with Crippen LogP contribution in [0.25, 0.3) is 11.4 Å². The number of benzene rings is 1. The van der Waals surface area contributed by atoms with Gasteiger partial charge in [-0.2, -0.15) is 11.8 Å². The molecule has 1 aliphatic heterocycles. The first-order valence-corrected chi connectivity index (χ1v) is 9.90. The Morgan fingerprint density at radius 2 is 2.08 bits per heavy atom. The Morgan fingerprint density at radius 1 is 1.32 bits per heavy atom. The van der Waals surface area contributed by atoms with Crippen molar-refractivity contribution < 1.29 is 4.92 Å². The van der Waals surface area contributed by atoms with E-state index >= 15 is 0 Å². The van der Waals surface area contributed by atoms with Crippen LogP contribution in [-0.2, 0) is 6.42 Å². The molecule has 0 spiro atoms. The molecule has 7 heteroatoms. The van der Waals surface area contributed by atoms with Crippen molar-refractivity contribution in [1.29, 1.82) is 0 Å². The van der Waals surface area contributed by atoms with Crippen molar-refractivity contribution in [3.8, 4) is 11.4 Å². The van der Waals surface area contributed by atoms with E-state index in [1.165, 1.54) is 25.0 Å². The summed E-state index contributed by atoms with van der Waals surface area (Å²) in [5.41, 5.74) is 1.88. The predicted octanol–water partition coefficient (Wildman–Crippen LogP) is 3.95. The quantitative estimate of drug-likeness (QED) is 0.575. The normalized spacial score (nSPS) is 17.0. The first kappa shape index (κ1) is 17.7. The third kappa shape index (κ3) is 3.92. The number of aromatic nitrogens is 2. The zero-order chi connectivity index (χ0) is 17.8. The molecule has 0 radical (unpaired) electrons. The van der Waals surface area contributed by atoms with Crippen LogP contribution in [0.3, 0.4) is 0 Å². The highest BCUT2D eigenvalue weighted by atomic mass is 32.2. The van der Waals surface area contributed by atoms with Crippen LogP contribution < -0.4 is 4.90 Å². The number of nitro benzene ring substituents is 1. The number of nitrogens with zero attached hydrogens (tertiary/aromatic N) is 4. The Labute approximate surface area is 151 Å². The van der Waals surface area contributed by atoms with Gasteiger partial charge in [-0.3, -0.25) is 10.1 Å². The number of hydrogen-bond acceptors (Lipinski definition) is 6. The number of nitro groups is 1. The fourth-order valence-electron chi connectivity index (χ4n) is 3.18. The fourth-order valence-corrected chi connectivity index (χ4v) is 3.91. The Bertz CT molecular complexity index is 751. The van der Waals surface area contributed by atoms with Crippen LogP contribution in [0.5, 0.6) is 0 Å². The van der Waals surface area contributed by atoms with E-state index in [1.54, 1.807) is 12.1 Å². The topological polar surface area (TPSA) is 72.2 Å². The van der Waals surface area contributed by atoms with Crippen molar-refractivity contribution in [2.45, 2.75) is 32.2 Å². The minimum atomic E-state index is -0.393. The Kier molecular flexibility index (Phi) is 5.53. The van der Waals surface area contributed by atoms with Gasteiger partial charge in [-0.15, -0.1) is 0 Å². The van der Waals surface area contributed by atoms with Gasteiger partial charge in [0.2, 0.25) is 0 Å². The number of thioether (sulfide) groups is 1. The van der Waals surface area contributed by atoms with Crippen molar-refractivity contribution in [2.24, 2.45) is 0 Å². The Balaban J connectivity index is 1.96. The minimum absolute atomic E-state index is 0.0789. The van der Waals surface area contributed by atoms with Gasteiger partial charge in [-0.1, -0.05) is 6.92 Å². The molecule has 1 aromatic carbocycles. The highest BCUT2D eigenvalue weighted by Gasteiger charge is 2.26. The van der Waals surface area contributed by atoms with E-state index in [1.807, 2.05) is 11.8 Å². The average molecular weight is 358 g/mol. The highest BCUT2D eigenvalue weighted by molar-refractivity contribution is 7.98. The second kappa shape index (κ2) is 7.82. The molecule has 0 saturated carbocycles. The minimum Gasteiger partial charge on any atom is -0.353 e. The second-order valence-corrected chi connectivity index (χ2v) is 7.05. The molecule has 2 aromatic rings. The van der Waals surface area contributed by atoms with Crippen LogP contribution in [0.2, 0.25) is 0 Å². The molecule has 2 heterocycles. The zero-order valence-electron chi connectivity index (χ0n) is 14.5. The molecule has 1 aromatic heterocycles. The SMILES string of the molecule is CCc1cc(N2CCCC2CSC)nc(-c2ccc([N+](=O)[O-])cc2)n1. The van der Waals surface area contributed by atoms with Gasteiger partial charge in [-0.25, -0.2) is 9.97 Å². The Hall–Kier alpha value is -2.15. The predicted molar refractivity (Wildman–Crippen MR) is 102 cm³/mol. The summed E-state index contributed by atoms with van der Waals surface area (Å²) in [6.45, 7) is 3.10. The van der Waals surface area contributed by atoms with Crippen molar-refractivity contribution in [2.75, 3.05) is 23.5 Å². The summed E-state index contributed by atoms with van der Waals surface area (Å²) in [5.74, 6) is 2.70. The van der Waals surface area contributed by atoms with Gasteiger partial charge in [0.25, 0.3) is 5.69 Å². The fraction of sp³-hybridized carbons (Fsp3) is 0.444. The smallest absolute Gasteiger partial charge is 0.269 e. The summed E-state index contributed by atoms with van der Waals surface area (Å²) in [4.78, 5) is 22.2. The third-order valence-corrected chi connectivity index (χ3v) is 5.21. The number of aryl methyl sites for hydroxylation is 1. The molecule has 3 rings (SSSR count). The van der Waals surface area contributed by atoms with Gasteiger partial charge in [0.1, 0.15) is 5.82 Å². The van der Waals surface area contributed by atoms with E-state index in [0.717, 1.165) is 35.8 Å². The summed E-state index contributed by atoms with van der Waals surface area (Å²) in [6, 6.07) is 9.04. The lowest BCUT2D eigenvalue weighted by Gasteiger charge is -2.26. The summed E-state index contributed by atoms with van der Waals surface area (Å²) in [5, 5.41) is 10.8. The van der Waals surface area contributed by atoms with Gasteiger partial charge >= 0.3 is 0 Å². The van der Waals surface area contributed by atoms with E-state index in [-0.39, 0.29) is 5.69 Å². The highest BCUT2D eigenvalue weighted by Crippen LogP contribution is 2.28.